The van der Waals surface area contributed by atoms with Crippen molar-refractivity contribution in [2.24, 2.45) is 0 Å². The number of hydrogen-bond donors (Lipinski definition) is 0. The van der Waals surface area contributed by atoms with Gasteiger partial charge in [-0.2, -0.15) is 42.1 Å². The van der Waals surface area contributed by atoms with E-state index >= 15 is 0 Å². The molecule has 31 heavy (non-hydrogen) atoms. The summed E-state index contributed by atoms with van der Waals surface area (Å²) < 4.78 is 0. The first kappa shape index (κ1) is 22.4. The van der Waals surface area contributed by atoms with Gasteiger partial charge in [-0.3, -0.25) is 4.98 Å². The topological polar surface area (TPSA) is 39.9 Å². The number of rotatable bonds is 3. The van der Waals surface area contributed by atoms with Crippen LogP contribution in [0.25, 0.3) is 27.8 Å². The second kappa shape index (κ2) is 11.8. The van der Waals surface area contributed by atoms with E-state index in [2.05, 4.69) is 33.5 Å². The molecule has 0 N–H and O–H groups in total. The van der Waals surface area contributed by atoms with Crippen LogP contribution in [0.5, 0.6) is 0 Å². The fourth-order valence-electron chi connectivity index (χ4n) is 3.01. The van der Waals surface area contributed by atoms with E-state index in [-0.39, 0.29) is 26.1 Å². The number of benzene rings is 2. The van der Waals surface area contributed by atoms with Crippen LogP contribution in [0.3, 0.4) is 0 Å². The van der Waals surface area contributed by atoms with Gasteiger partial charge < -0.3 is 10.3 Å². The molecule has 0 fully saturated rings. The van der Waals surface area contributed by atoms with Crippen LogP contribution in [0.1, 0.15) is 11.6 Å². The Balaban J connectivity index is 0.000000183. The summed E-state index contributed by atoms with van der Waals surface area (Å²) in [4.78, 5) is 8.72. The number of nitrogens with zero attached hydrogens (tertiary/aromatic N) is 3. The Morgan fingerprint density at radius 3 is 2.23 bits per heavy atom. The van der Waals surface area contributed by atoms with E-state index in [1.165, 1.54) is 0 Å². The number of hydrogen-bond acceptors (Lipinski definition) is 2. The standard InChI is InChI=1S/C16H11N2.C11H9N.Ir/c1-2-6-13(7-3-1)16-12-14(9-11-18-16)15-8-4-5-10-17-15;1-2-6-10(7-3-1)11-8-4-5-9-12-11;/h1-6,8-12H;1-6,8-9,11H;/q-1;-2;+3. The van der Waals surface area contributed by atoms with E-state index in [4.69, 9.17) is 0 Å². The average Bonchev–Trinajstić information content (AvgIpc) is 2.87. The molecule has 4 heteroatoms. The van der Waals surface area contributed by atoms with Gasteiger partial charge in [-0.15, -0.1) is 35.9 Å². The molecule has 4 aromatic rings. The van der Waals surface area contributed by atoms with Crippen molar-refractivity contribution in [1.82, 2.24) is 9.97 Å². The third kappa shape index (κ3) is 6.32. The first-order valence-corrected chi connectivity index (χ1v) is 9.74. The van der Waals surface area contributed by atoms with E-state index in [0.717, 1.165) is 28.1 Å². The van der Waals surface area contributed by atoms with Crippen LogP contribution < -0.4 is 0 Å². The van der Waals surface area contributed by atoms with Crippen LogP contribution in [0.2, 0.25) is 0 Å². The molecule has 0 radical (unpaired) electrons. The van der Waals surface area contributed by atoms with Gasteiger partial charge in [-0.25, -0.2) is 0 Å². The van der Waals surface area contributed by atoms with Crippen LogP contribution in [0.15, 0.2) is 116 Å². The Labute approximate surface area is 197 Å². The Hall–Kier alpha value is -3.33. The number of allylic oxidation sites excluding steroid dienone is 2. The molecule has 5 rings (SSSR count). The Morgan fingerprint density at radius 2 is 1.55 bits per heavy atom. The quantitative estimate of drug-likeness (QED) is 0.257. The summed E-state index contributed by atoms with van der Waals surface area (Å²) in [6, 6.07) is 32.2. The van der Waals surface area contributed by atoms with Crippen LogP contribution in [0, 0.1) is 12.1 Å². The zero-order chi connectivity index (χ0) is 20.4. The number of pyridine rings is 2. The van der Waals surface area contributed by atoms with Gasteiger partial charge in [0.2, 0.25) is 0 Å². The predicted octanol–water partition coefficient (Wildman–Crippen LogP) is 6.59. The summed E-state index contributed by atoms with van der Waals surface area (Å²) >= 11 is 0. The molecule has 0 bridgehead atoms. The van der Waals surface area contributed by atoms with Gasteiger partial charge in [0.25, 0.3) is 0 Å². The molecule has 152 valence electrons. The Kier molecular flexibility index (Phi) is 8.48. The molecule has 0 spiro atoms. The molecule has 1 aliphatic rings. The van der Waals surface area contributed by atoms with E-state index in [0.29, 0.717) is 0 Å². The van der Waals surface area contributed by atoms with Gasteiger partial charge >= 0.3 is 20.1 Å². The summed E-state index contributed by atoms with van der Waals surface area (Å²) in [6.07, 6.45) is 11.4. The Bertz CT molecular complexity index is 1060. The molecule has 1 aliphatic heterocycles. The van der Waals surface area contributed by atoms with E-state index in [9.17, 15) is 0 Å². The average molecular weight is 579 g/mol. The van der Waals surface area contributed by atoms with Gasteiger partial charge in [0.1, 0.15) is 0 Å². The fraction of sp³-hybridized carbons (Fsp3) is 0.0370. The molecule has 0 amide bonds. The minimum atomic E-state index is 0. The molecule has 1 atom stereocenters. The summed E-state index contributed by atoms with van der Waals surface area (Å²) in [6.45, 7) is 0. The van der Waals surface area contributed by atoms with Crippen molar-refractivity contribution in [1.29, 1.82) is 0 Å². The number of aromatic nitrogens is 2. The normalized spacial score (nSPS) is 13.9. The van der Waals surface area contributed by atoms with Crippen molar-refractivity contribution in [2.75, 3.05) is 0 Å². The molecule has 0 saturated carbocycles. The SMILES string of the molecule is [Ir+3].[c-]1ccccc1-c1cc(-c2ccccn2)ccn1.[c-]1ccccc1C1C=CC=C[N-]1. The summed E-state index contributed by atoms with van der Waals surface area (Å²) in [5, 5.41) is 4.30. The molecule has 0 saturated heterocycles. The third-order valence-electron chi connectivity index (χ3n) is 4.49. The predicted molar refractivity (Wildman–Crippen MR) is 121 cm³/mol. The van der Waals surface area contributed by atoms with Gasteiger partial charge in [0, 0.05) is 12.4 Å². The third-order valence-corrected chi connectivity index (χ3v) is 4.49. The molecule has 2 aromatic carbocycles. The van der Waals surface area contributed by atoms with E-state index in [1.807, 2.05) is 97.2 Å². The smallest absolute Gasteiger partial charge is 0.683 e. The first-order chi connectivity index (χ1) is 14.9. The van der Waals surface area contributed by atoms with Gasteiger partial charge in [0.15, 0.2) is 0 Å². The van der Waals surface area contributed by atoms with Gasteiger partial charge in [0.05, 0.1) is 5.69 Å². The molecule has 3 heterocycles. The zero-order valence-corrected chi connectivity index (χ0v) is 19.1. The second-order valence-electron chi connectivity index (χ2n) is 6.56. The summed E-state index contributed by atoms with van der Waals surface area (Å²) in [5.41, 5.74) is 5.06. The van der Waals surface area contributed by atoms with Gasteiger partial charge in [-0.05, 0) is 29.5 Å². The fourth-order valence-corrected chi connectivity index (χ4v) is 3.01. The first-order valence-electron chi connectivity index (χ1n) is 9.74. The molecular formula is C27H20IrN3. The molecule has 0 aliphatic carbocycles. The van der Waals surface area contributed by atoms with Gasteiger partial charge in [-0.1, -0.05) is 36.4 Å². The Morgan fingerprint density at radius 1 is 0.742 bits per heavy atom. The maximum atomic E-state index is 4.38. The molecule has 2 aromatic heterocycles. The van der Waals surface area contributed by atoms with Crippen molar-refractivity contribution in [2.45, 2.75) is 6.04 Å². The largest absolute Gasteiger partial charge is 3.00 e. The van der Waals surface area contributed by atoms with Crippen molar-refractivity contribution in [3.05, 3.63) is 139 Å². The van der Waals surface area contributed by atoms with Crippen LogP contribution in [0.4, 0.5) is 0 Å². The minimum absolute atomic E-state index is 0. The molecular weight excluding hydrogens is 559 g/mol. The summed E-state index contributed by atoms with van der Waals surface area (Å²) in [5.74, 6) is 0. The van der Waals surface area contributed by atoms with Crippen molar-refractivity contribution in [3.8, 4) is 22.5 Å². The minimum Gasteiger partial charge on any atom is -0.683 e. The van der Waals surface area contributed by atoms with Crippen LogP contribution in [-0.4, -0.2) is 9.97 Å². The van der Waals surface area contributed by atoms with E-state index < -0.39 is 0 Å². The summed E-state index contributed by atoms with van der Waals surface area (Å²) in [7, 11) is 0. The van der Waals surface area contributed by atoms with Crippen molar-refractivity contribution < 1.29 is 20.1 Å². The zero-order valence-electron chi connectivity index (χ0n) is 16.7. The van der Waals surface area contributed by atoms with Crippen LogP contribution >= 0.6 is 0 Å². The maximum Gasteiger partial charge on any atom is 3.00 e. The molecule has 3 nitrogen and oxygen atoms in total. The maximum absolute atomic E-state index is 4.38. The van der Waals surface area contributed by atoms with Crippen molar-refractivity contribution in [3.63, 3.8) is 0 Å². The molecule has 1 unspecified atom stereocenters. The van der Waals surface area contributed by atoms with Crippen molar-refractivity contribution >= 4 is 0 Å². The monoisotopic (exact) mass is 579 g/mol. The second-order valence-corrected chi connectivity index (χ2v) is 6.56. The van der Waals surface area contributed by atoms with E-state index in [1.54, 1.807) is 12.4 Å². The van der Waals surface area contributed by atoms with Crippen LogP contribution in [-0.2, 0) is 20.1 Å².